The van der Waals surface area contributed by atoms with E-state index in [4.69, 9.17) is 5.73 Å². The molecule has 1 aromatic heterocycles. The van der Waals surface area contributed by atoms with E-state index in [-0.39, 0.29) is 5.75 Å². The van der Waals surface area contributed by atoms with Crippen molar-refractivity contribution in [3.05, 3.63) is 23.3 Å². The van der Waals surface area contributed by atoms with E-state index < -0.39 is 29.5 Å². The molecule has 4 nitrogen and oxygen atoms in total. The lowest BCUT2D eigenvalue weighted by atomic mass is 10.1. The Morgan fingerprint density at radius 3 is 2.60 bits per heavy atom. The van der Waals surface area contributed by atoms with Crippen molar-refractivity contribution in [1.29, 1.82) is 0 Å². The topological polar surface area (TPSA) is 65.2 Å². The SMILES string of the molecule is COc1cc(F)nc(C(F)F)c1C(N)=O. The summed E-state index contributed by atoms with van der Waals surface area (Å²) in [7, 11) is 1.11. The normalized spacial score (nSPS) is 10.5. The van der Waals surface area contributed by atoms with Gasteiger partial charge in [-0.2, -0.15) is 4.39 Å². The molecule has 1 amide bonds. The minimum atomic E-state index is -3.10. The maximum atomic E-state index is 12.7. The predicted molar refractivity (Wildman–Crippen MR) is 44.2 cm³/mol. The molecule has 2 N–H and O–H groups in total. The first-order chi connectivity index (χ1) is 6.97. The van der Waals surface area contributed by atoms with Gasteiger partial charge < -0.3 is 10.5 Å². The minimum Gasteiger partial charge on any atom is -0.496 e. The highest BCUT2D eigenvalue weighted by Gasteiger charge is 2.24. The van der Waals surface area contributed by atoms with E-state index >= 15 is 0 Å². The highest BCUT2D eigenvalue weighted by atomic mass is 19.3. The molecule has 0 bridgehead atoms. The van der Waals surface area contributed by atoms with Crippen LogP contribution in [-0.4, -0.2) is 18.0 Å². The number of carbonyl (C=O) groups excluding carboxylic acids is 1. The van der Waals surface area contributed by atoms with Crippen molar-refractivity contribution in [3.63, 3.8) is 0 Å². The van der Waals surface area contributed by atoms with Crippen molar-refractivity contribution < 1.29 is 22.7 Å². The second kappa shape index (κ2) is 4.16. The number of ether oxygens (including phenoxy) is 1. The van der Waals surface area contributed by atoms with E-state index in [0.29, 0.717) is 6.07 Å². The maximum Gasteiger partial charge on any atom is 0.281 e. The van der Waals surface area contributed by atoms with Gasteiger partial charge in [0.25, 0.3) is 12.3 Å². The fraction of sp³-hybridized carbons (Fsp3) is 0.250. The van der Waals surface area contributed by atoms with E-state index in [0.717, 1.165) is 7.11 Å². The van der Waals surface area contributed by atoms with Crippen LogP contribution in [0.1, 0.15) is 22.5 Å². The van der Waals surface area contributed by atoms with Gasteiger partial charge in [-0.1, -0.05) is 0 Å². The highest BCUT2D eigenvalue weighted by molar-refractivity contribution is 5.96. The second-order valence-corrected chi connectivity index (χ2v) is 2.57. The van der Waals surface area contributed by atoms with Gasteiger partial charge in [-0.25, -0.2) is 13.8 Å². The molecule has 0 aromatic carbocycles. The van der Waals surface area contributed by atoms with Gasteiger partial charge >= 0.3 is 0 Å². The molecule has 0 unspecified atom stereocenters. The Bertz CT molecular complexity index is 396. The molecule has 82 valence electrons. The van der Waals surface area contributed by atoms with Crippen LogP contribution < -0.4 is 10.5 Å². The Morgan fingerprint density at radius 2 is 2.20 bits per heavy atom. The first kappa shape index (κ1) is 11.3. The first-order valence-electron chi connectivity index (χ1n) is 3.79. The summed E-state index contributed by atoms with van der Waals surface area (Å²) in [5, 5.41) is 0. The van der Waals surface area contributed by atoms with Crippen molar-refractivity contribution >= 4 is 5.91 Å². The number of hydrogen-bond acceptors (Lipinski definition) is 3. The number of carbonyl (C=O) groups is 1. The number of nitrogens with zero attached hydrogens (tertiary/aromatic N) is 1. The number of aromatic nitrogens is 1. The molecule has 15 heavy (non-hydrogen) atoms. The van der Waals surface area contributed by atoms with E-state index in [2.05, 4.69) is 9.72 Å². The van der Waals surface area contributed by atoms with E-state index in [1.165, 1.54) is 0 Å². The summed E-state index contributed by atoms with van der Waals surface area (Å²) >= 11 is 0. The molecule has 0 aliphatic heterocycles. The first-order valence-corrected chi connectivity index (χ1v) is 3.79. The molecule has 0 saturated carbocycles. The number of pyridine rings is 1. The minimum absolute atomic E-state index is 0.356. The van der Waals surface area contributed by atoms with Crippen LogP contribution in [0.4, 0.5) is 13.2 Å². The van der Waals surface area contributed by atoms with Gasteiger partial charge in [0, 0.05) is 6.07 Å². The number of primary amides is 1. The van der Waals surface area contributed by atoms with E-state index in [1.807, 2.05) is 0 Å². The molecule has 1 rings (SSSR count). The number of nitrogens with two attached hydrogens (primary N) is 1. The fourth-order valence-electron chi connectivity index (χ4n) is 1.08. The molecule has 1 aromatic rings. The Balaban J connectivity index is 3.47. The molecule has 0 saturated heterocycles. The fourth-order valence-corrected chi connectivity index (χ4v) is 1.08. The number of methoxy groups -OCH3 is 1. The van der Waals surface area contributed by atoms with Crippen LogP contribution in [-0.2, 0) is 0 Å². The standard InChI is InChI=1S/C8H7F3N2O2/c1-15-3-2-4(9)13-6(7(10)11)5(3)8(12)14/h2,7H,1H3,(H2,12,14). The van der Waals surface area contributed by atoms with Gasteiger partial charge in [-0.05, 0) is 0 Å². The second-order valence-electron chi connectivity index (χ2n) is 2.57. The van der Waals surface area contributed by atoms with Crippen molar-refractivity contribution in [3.8, 4) is 5.75 Å². The lowest BCUT2D eigenvalue weighted by molar-refractivity contribution is 0.0978. The van der Waals surface area contributed by atoms with Crippen LogP contribution >= 0.6 is 0 Å². The molecule has 1 heterocycles. The molecule has 0 radical (unpaired) electrons. The largest absolute Gasteiger partial charge is 0.496 e. The van der Waals surface area contributed by atoms with Crippen LogP contribution in [0.5, 0.6) is 5.75 Å². The van der Waals surface area contributed by atoms with Crippen molar-refractivity contribution in [1.82, 2.24) is 4.98 Å². The molecule has 0 fully saturated rings. The molecule has 7 heteroatoms. The summed E-state index contributed by atoms with van der Waals surface area (Å²) in [4.78, 5) is 13.8. The summed E-state index contributed by atoms with van der Waals surface area (Å²) in [6.07, 6.45) is -3.10. The van der Waals surface area contributed by atoms with Gasteiger partial charge in [-0.3, -0.25) is 4.79 Å². The van der Waals surface area contributed by atoms with Crippen LogP contribution in [0.3, 0.4) is 0 Å². The van der Waals surface area contributed by atoms with E-state index in [9.17, 15) is 18.0 Å². The molecular weight excluding hydrogens is 213 g/mol. The monoisotopic (exact) mass is 220 g/mol. The molecule has 0 aliphatic rings. The Kier molecular flexibility index (Phi) is 3.13. The summed E-state index contributed by atoms with van der Waals surface area (Å²) in [5.41, 5.74) is 3.25. The van der Waals surface area contributed by atoms with E-state index in [1.54, 1.807) is 0 Å². The van der Waals surface area contributed by atoms with Gasteiger partial charge in [0.15, 0.2) is 0 Å². The Morgan fingerprint density at radius 1 is 1.60 bits per heavy atom. The maximum absolute atomic E-state index is 12.7. The third-order valence-corrected chi connectivity index (χ3v) is 1.65. The van der Waals surface area contributed by atoms with Crippen molar-refractivity contribution in [2.75, 3.05) is 7.11 Å². The predicted octanol–water partition coefficient (Wildman–Crippen LogP) is 1.27. The molecular formula is C8H7F3N2O2. The number of halogens is 3. The molecule has 0 aliphatic carbocycles. The van der Waals surface area contributed by atoms with Crippen LogP contribution in [0.2, 0.25) is 0 Å². The molecule has 0 atom stereocenters. The summed E-state index contributed by atoms with van der Waals surface area (Å²) in [6, 6.07) is 0.714. The number of rotatable bonds is 3. The quantitative estimate of drug-likeness (QED) is 0.780. The number of hydrogen-bond donors (Lipinski definition) is 1. The lowest BCUT2D eigenvalue weighted by Crippen LogP contribution is -2.17. The average Bonchev–Trinajstić information content (AvgIpc) is 2.15. The Hall–Kier alpha value is -1.79. The smallest absolute Gasteiger partial charge is 0.281 e. The molecule has 0 spiro atoms. The number of alkyl halides is 2. The number of amides is 1. The van der Waals surface area contributed by atoms with Crippen molar-refractivity contribution in [2.45, 2.75) is 6.43 Å². The summed E-state index contributed by atoms with van der Waals surface area (Å²) < 4.78 is 42.1. The Labute approximate surface area is 82.9 Å². The van der Waals surface area contributed by atoms with Crippen LogP contribution in [0.25, 0.3) is 0 Å². The van der Waals surface area contributed by atoms with Gasteiger partial charge in [0.2, 0.25) is 5.95 Å². The zero-order chi connectivity index (χ0) is 11.6. The van der Waals surface area contributed by atoms with Crippen molar-refractivity contribution in [2.24, 2.45) is 5.73 Å². The van der Waals surface area contributed by atoms with Gasteiger partial charge in [-0.15, -0.1) is 0 Å². The zero-order valence-electron chi connectivity index (χ0n) is 7.63. The summed E-state index contributed by atoms with van der Waals surface area (Å²) in [6.45, 7) is 0. The van der Waals surface area contributed by atoms with Crippen LogP contribution in [0, 0.1) is 5.95 Å². The third-order valence-electron chi connectivity index (χ3n) is 1.65. The third kappa shape index (κ3) is 2.17. The van der Waals surface area contributed by atoms with Crippen LogP contribution in [0.15, 0.2) is 6.07 Å². The van der Waals surface area contributed by atoms with Gasteiger partial charge in [0.05, 0.1) is 7.11 Å². The van der Waals surface area contributed by atoms with Gasteiger partial charge in [0.1, 0.15) is 17.0 Å². The lowest BCUT2D eigenvalue weighted by Gasteiger charge is -2.09. The average molecular weight is 220 g/mol. The highest BCUT2D eigenvalue weighted by Crippen LogP contribution is 2.28. The summed E-state index contributed by atoms with van der Waals surface area (Å²) in [5.74, 6) is -2.66. The zero-order valence-corrected chi connectivity index (χ0v) is 7.63.